The topological polar surface area (TPSA) is 104 Å². The van der Waals surface area contributed by atoms with Gasteiger partial charge in [-0.1, -0.05) is 18.0 Å². The van der Waals surface area contributed by atoms with E-state index in [0.29, 0.717) is 22.6 Å². The maximum atomic E-state index is 12.2. The number of β-amino-alcohol motifs (C(OH)–C–C–N with tert-alkyl or cyclic N) is 1. The molecule has 1 atom stereocenters. The Morgan fingerprint density at radius 1 is 1.15 bits per heavy atom. The van der Waals surface area contributed by atoms with Crippen molar-refractivity contribution in [1.82, 2.24) is 24.4 Å². The molecular weight excluding hydrogens is 370 g/mol. The summed E-state index contributed by atoms with van der Waals surface area (Å²) in [6.45, 7) is 2.64. The van der Waals surface area contributed by atoms with Crippen LogP contribution in [0.4, 0.5) is 0 Å². The van der Waals surface area contributed by atoms with E-state index in [2.05, 4.69) is 19.9 Å². The van der Waals surface area contributed by atoms with Crippen LogP contribution < -0.4 is 11.2 Å². The van der Waals surface area contributed by atoms with E-state index in [1.165, 1.54) is 6.42 Å². The first kappa shape index (κ1) is 18.1. The van der Waals surface area contributed by atoms with Crippen molar-refractivity contribution in [3.8, 4) is 11.5 Å². The zero-order valence-electron chi connectivity index (χ0n) is 14.7. The highest BCUT2D eigenvalue weighted by Gasteiger charge is 2.22. The number of rotatable bonds is 4. The quantitative estimate of drug-likeness (QED) is 0.647. The third-order valence-electron chi connectivity index (χ3n) is 4.88. The second-order valence-electron chi connectivity index (χ2n) is 6.91. The van der Waals surface area contributed by atoms with Gasteiger partial charge in [0.1, 0.15) is 0 Å². The molecule has 3 aliphatic rings. The third kappa shape index (κ3) is 3.73. The third-order valence-corrected chi connectivity index (χ3v) is 5.12. The molecule has 4 rings (SSSR count). The summed E-state index contributed by atoms with van der Waals surface area (Å²) in [6.07, 6.45) is 2.80. The molecule has 3 heterocycles. The van der Waals surface area contributed by atoms with E-state index in [9.17, 15) is 14.7 Å². The number of nitrogens with zero attached hydrogens (tertiary/aromatic N) is 4. The number of H-pyrrole nitrogens is 1. The van der Waals surface area contributed by atoms with Gasteiger partial charge in [0.25, 0.3) is 5.56 Å². The van der Waals surface area contributed by atoms with Gasteiger partial charge in [-0.25, -0.2) is 9.78 Å². The summed E-state index contributed by atoms with van der Waals surface area (Å²) in [7, 11) is 0. The van der Waals surface area contributed by atoms with Crippen molar-refractivity contribution in [2.45, 2.75) is 31.9 Å². The molecule has 0 amide bonds. The van der Waals surface area contributed by atoms with Crippen molar-refractivity contribution < 1.29 is 5.11 Å². The molecule has 1 unspecified atom stereocenters. The highest BCUT2D eigenvalue weighted by Crippen LogP contribution is 2.24. The van der Waals surface area contributed by atoms with Crippen LogP contribution in [0.5, 0.6) is 0 Å². The summed E-state index contributed by atoms with van der Waals surface area (Å²) >= 11 is 6.13. The SMILES string of the molecule is O=c1nc2n(CC(O)CN3CCCCC3)c3cc(Cl)ccc3nc-2c(=O)[nH]1. The maximum absolute atomic E-state index is 12.2. The second-order valence-corrected chi connectivity index (χ2v) is 7.35. The highest BCUT2D eigenvalue weighted by molar-refractivity contribution is 6.31. The second kappa shape index (κ2) is 7.38. The van der Waals surface area contributed by atoms with Crippen LogP contribution >= 0.6 is 11.6 Å². The Morgan fingerprint density at radius 3 is 2.70 bits per heavy atom. The largest absolute Gasteiger partial charge is 0.390 e. The maximum Gasteiger partial charge on any atom is 0.349 e. The fourth-order valence-corrected chi connectivity index (χ4v) is 3.83. The lowest BCUT2D eigenvalue weighted by atomic mass is 10.1. The Labute approximate surface area is 159 Å². The summed E-state index contributed by atoms with van der Waals surface area (Å²) in [5.41, 5.74) is -0.112. The standard InChI is InChI=1S/C18H20ClN5O3/c19-11-4-5-13-14(8-11)24(10-12(25)9-23-6-2-1-3-7-23)16-15(20-13)17(26)22-18(27)21-16/h4-5,8,12,25H,1-3,6-7,9-10H2,(H,22,26,27). The van der Waals surface area contributed by atoms with Crippen molar-refractivity contribution >= 4 is 22.6 Å². The van der Waals surface area contributed by atoms with Crippen LogP contribution in [0.3, 0.4) is 0 Å². The minimum Gasteiger partial charge on any atom is -0.390 e. The molecule has 0 bridgehead atoms. The smallest absolute Gasteiger partial charge is 0.349 e. The lowest BCUT2D eigenvalue weighted by Crippen LogP contribution is -2.38. The molecular formula is C18H20ClN5O3. The lowest BCUT2D eigenvalue weighted by molar-refractivity contribution is 0.0892. The predicted molar refractivity (Wildman–Crippen MR) is 102 cm³/mol. The molecule has 27 heavy (non-hydrogen) atoms. The fraction of sp³-hybridized carbons (Fsp3) is 0.444. The van der Waals surface area contributed by atoms with Crippen LogP contribution in [0.25, 0.3) is 22.6 Å². The van der Waals surface area contributed by atoms with Gasteiger partial charge in [-0.2, -0.15) is 4.98 Å². The zero-order valence-corrected chi connectivity index (χ0v) is 15.4. The number of nitrogens with one attached hydrogen (secondary N) is 1. The van der Waals surface area contributed by atoms with Crippen LogP contribution in [0.1, 0.15) is 19.3 Å². The van der Waals surface area contributed by atoms with Gasteiger partial charge < -0.3 is 14.6 Å². The number of halogens is 1. The van der Waals surface area contributed by atoms with Gasteiger partial charge >= 0.3 is 5.69 Å². The molecule has 1 fully saturated rings. The van der Waals surface area contributed by atoms with Crippen LogP contribution in [-0.4, -0.2) is 55.3 Å². The van der Waals surface area contributed by atoms with Gasteiger partial charge in [0.15, 0.2) is 11.5 Å². The number of aliphatic hydroxyl groups excluding tert-OH is 1. The van der Waals surface area contributed by atoms with Crippen molar-refractivity contribution in [1.29, 1.82) is 0 Å². The number of fused-ring (bicyclic) bond motifs is 2. The Hall–Kier alpha value is -2.29. The molecule has 0 radical (unpaired) electrons. The Balaban J connectivity index is 1.79. The first-order valence-electron chi connectivity index (χ1n) is 9.02. The van der Waals surface area contributed by atoms with Crippen molar-refractivity contribution in [2.24, 2.45) is 0 Å². The molecule has 1 aromatic carbocycles. The summed E-state index contributed by atoms with van der Waals surface area (Å²) in [6, 6.07) is 5.08. The number of aromatic nitrogens is 4. The van der Waals surface area contributed by atoms with E-state index in [4.69, 9.17) is 11.6 Å². The first-order valence-corrected chi connectivity index (χ1v) is 9.39. The van der Waals surface area contributed by atoms with Gasteiger partial charge in [0.05, 0.1) is 23.7 Å². The lowest BCUT2D eigenvalue weighted by Gasteiger charge is -2.29. The number of hydrogen-bond acceptors (Lipinski definition) is 6. The minimum atomic E-state index is -0.741. The summed E-state index contributed by atoms with van der Waals surface area (Å²) < 4.78 is 1.66. The number of hydrogen-bond donors (Lipinski definition) is 2. The molecule has 0 aliphatic carbocycles. The predicted octanol–water partition coefficient (Wildman–Crippen LogP) is 1.08. The number of aliphatic hydroxyl groups is 1. The molecule has 1 aromatic rings. The molecule has 142 valence electrons. The van der Waals surface area contributed by atoms with E-state index in [-0.39, 0.29) is 18.1 Å². The zero-order chi connectivity index (χ0) is 19.0. The Bertz CT molecular complexity index is 1060. The number of likely N-dealkylation sites (tertiary alicyclic amines) is 1. The van der Waals surface area contributed by atoms with Crippen molar-refractivity contribution in [2.75, 3.05) is 19.6 Å². The summed E-state index contributed by atoms with van der Waals surface area (Å²) in [5.74, 6) is 0.149. The monoisotopic (exact) mass is 389 g/mol. The van der Waals surface area contributed by atoms with E-state index in [1.54, 1.807) is 22.8 Å². The number of aromatic amines is 1. The van der Waals surface area contributed by atoms with Gasteiger partial charge in [-0.05, 0) is 44.1 Å². The van der Waals surface area contributed by atoms with Gasteiger partial charge in [0.2, 0.25) is 0 Å². The molecule has 0 aromatic heterocycles. The highest BCUT2D eigenvalue weighted by atomic mass is 35.5. The van der Waals surface area contributed by atoms with Gasteiger partial charge in [0, 0.05) is 11.6 Å². The van der Waals surface area contributed by atoms with Crippen LogP contribution in [-0.2, 0) is 6.54 Å². The van der Waals surface area contributed by atoms with Crippen LogP contribution in [0.2, 0.25) is 5.02 Å². The number of benzene rings is 1. The fourth-order valence-electron chi connectivity index (χ4n) is 3.66. The Morgan fingerprint density at radius 2 is 1.93 bits per heavy atom. The van der Waals surface area contributed by atoms with E-state index in [1.807, 2.05) is 0 Å². The molecule has 1 saturated heterocycles. The van der Waals surface area contributed by atoms with Gasteiger partial charge in [-0.15, -0.1) is 0 Å². The molecule has 3 aliphatic heterocycles. The van der Waals surface area contributed by atoms with E-state index < -0.39 is 17.4 Å². The average Bonchev–Trinajstić information content (AvgIpc) is 2.63. The molecule has 0 spiro atoms. The molecule has 9 heteroatoms. The molecule has 2 N–H and O–H groups in total. The average molecular weight is 390 g/mol. The normalized spacial score (nSPS) is 16.8. The van der Waals surface area contributed by atoms with Gasteiger partial charge in [-0.3, -0.25) is 9.78 Å². The minimum absolute atomic E-state index is 0.0644. The van der Waals surface area contributed by atoms with Crippen LogP contribution in [0, 0.1) is 0 Å². The number of piperidine rings is 1. The van der Waals surface area contributed by atoms with Crippen molar-refractivity contribution in [3.05, 3.63) is 44.1 Å². The first-order chi connectivity index (χ1) is 13.0. The van der Waals surface area contributed by atoms with Crippen LogP contribution in [0.15, 0.2) is 27.8 Å². The van der Waals surface area contributed by atoms with E-state index in [0.717, 1.165) is 25.9 Å². The molecule has 8 nitrogen and oxygen atoms in total. The Kier molecular flexibility index (Phi) is 4.94. The molecule has 0 saturated carbocycles. The summed E-state index contributed by atoms with van der Waals surface area (Å²) in [5, 5.41) is 11.2. The van der Waals surface area contributed by atoms with E-state index >= 15 is 0 Å². The van der Waals surface area contributed by atoms with Crippen molar-refractivity contribution in [3.63, 3.8) is 0 Å². The summed E-state index contributed by atoms with van der Waals surface area (Å²) in [4.78, 5) is 36.6.